The van der Waals surface area contributed by atoms with E-state index >= 15 is 0 Å². The summed E-state index contributed by atoms with van der Waals surface area (Å²) in [5, 5.41) is 0. The van der Waals surface area contributed by atoms with Crippen molar-refractivity contribution in [1.29, 1.82) is 0 Å². The first kappa shape index (κ1) is 9.87. The third kappa shape index (κ3) is 2.04. The molecule has 3 heteroatoms. The van der Waals surface area contributed by atoms with E-state index in [1.807, 2.05) is 30.3 Å². The number of aromatic nitrogens is 1. The molecule has 0 unspecified atom stereocenters. The number of benzene rings is 1. The normalized spacial score (nSPS) is 10.1. The van der Waals surface area contributed by atoms with Gasteiger partial charge in [-0.3, -0.25) is 0 Å². The zero-order valence-electron chi connectivity index (χ0n) is 7.17. The Bertz CT molecular complexity index is 440. The lowest BCUT2D eigenvalue weighted by atomic mass is 10.1. The second-order valence-electron chi connectivity index (χ2n) is 2.78. The molecule has 0 N–H and O–H groups in total. The molecule has 0 aliphatic heterocycles. The van der Waals surface area contributed by atoms with E-state index in [0.717, 1.165) is 20.2 Å². The summed E-state index contributed by atoms with van der Waals surface area (Å²) in [6, 6.07) is 11.7. The standard InChI is InChI=1S/C11H6Br2N/c12-8-4-5-10(13)9(7-8)11-3-1-2-6-14-11/h1-5,7H. The van der Waals surface area contributed by atoms with Gasteiger partial charge in [-0.2, -0.15) is 0 Å². The lowest BCUT2D eigenvalue weighted by Gasteiger charge is -2.03. The van der Waals surface area contributed by atoms with Crippen LogP contribution in [0, 0.1) is 6.20 Å². The van der Waals surface area contributed by atoms with E-state index in [1.54, 1.807) is 6.07 Å². The molecule has 1 aromatic carbocycles. The summed E-state index contributed by atoms with van der Waals surface area (Å²) in [4.78, 5) is 4.18. The zero-order valence-corrected chi connectivity index (χ0v) is 10.3. The maximum absolute atomic E-state index is 4.18. The smallest absolute Gasteiger partial charge is 0.0893 e. The largest absolute Gasteiger partial charge is 0.246 e. The second-order valence-corrected chi connectivity index (χ2v) is 4.55. The van der Waals surface area contributed by atoms with Crippen molar-refractivity contribution in [2.24, 2.45) is 0 Å². The van der Waals surface area contributed by atoms with Gasteiger partial charge in [0.2, 0.25) is 0 Å². The van der Waals surface area contributed by atoms with E-state index in [4.69, 9.17) is 0 Å². The Morgan fingerprint density at radius 3 is 2.71 bits per heavy atom. The van der Waals surface area contributed by atoms with Crippen molar-refractivity contribution in [2.75, 3.05) is 0 Å². The zero-order chi connectivity index (χ0) is 9.97. The Hall–Kier alpha value is -0.670. The van der Waals surface area contributed by atoms with Gasteiger partial charge < -0.3 is 0 Å². The average Bonchev–Trinajstić information content (AvgIpc) is 2.23. The van der Waals surface area contributed by atoms with Crippen LogP contribution in [0.3, 0.4) is 0 Å². The summed E-state index contributed by atoms with van der Waals surface area (Å²) in [5.41, 5.74) is 1.98. The quantitative estimate of drug-likeness (QED) is 0.773. The van der Waals surface area contributed by atoms with Crippen LogP contribution in [0.1, 0.15) is 0 Å². The molecule has 0 atom stereocenters. The van der Waals surface area contributed by atoms with E-state index in [1.165, 1.54) is 0 Å². The molecule has 69 valence electrons. The van der Waals surface area contributed by atoms with Crippen LogP contribution in [-0.4, -0.2) is 4.98 Å². The van der Waals surface area contributed by atoms with E-state index < -0.39 is 0 Å². The molecule has 0 saturated carbocycles. The van der Waals surface area contributed by atoms with Crippen LogP contribution in [0.15, 0.2) is 45.3 Å². The minimum atomic E-state index is 0.917. The van der Waals surface area contributed by atoms with Gasteiger partial charge in [-0.15, -0.1) is 0 Å². The monoisotopic (exact) mass is 310 g/mol. The molecule has 2 rings (SSSR count). The summed E-state index contributed by atoms with van der Waals surface area (Å²) in [6.07, 6.45) is 2.82. The fraction of sp³-hybridized carbons (Fsp3) is 0. The summed E-state index contributed by atoms with van der Waals surface area (Å²) < 4.78 is 2.08. The van der Waals surface area contributed by atoms with E-state index in [-0.39, 0.29) is 0 Å². The molecule has 0 bridgehead atoms. The molecule has 2 aromatic rings. The van der Waals surface area contributed by atoms with Gasteiger partial charge in [0.1, 0.15) is 0 Å². The van der Waals surface area contributed by atoms with Crippen LogP contribution in [-0.2, 0) is 0 Å². The van der Waals surface area contributed by atoms with Gasteiger partial charge in [0.05, 0.1) is 11.9 Å². The predicted octanol–water partition coefficient (Wildman–Crippen LogP) is 4.07. The Labute approximate surface area is 99.4 Å². The van der Waals surface area contributed by atoms with Gasteiger partial charge in [0, 0.05) is 14.5 Å². The Balaban J connectivity index is 2.57. The van der Waals surface area contributed by atoms with E-state index in [0.29, 0.717) is 0 Å². The van der Waals surface area contributed by atoms with Crippen molar-refractivity contribution < 1.29 is 0 Å². The van der Waals surface area contributed by atoms with Crippen LogP contribution >= 0.6 is 31.9 Å². The molecule has 1 aromatic heterocycles. The number of hydrogen-bond acceptors (Lipinski definition) is 1. The highest BCUT2D eigenvalue weighted by atomic mass is 79.9. The fourth-order valence-corrected chi connectivity index (χ4v) is 1.98. The summed E-state index contributed by atoms with van der Waals surface area (Å²) >= 11 is 6.93. The van der Waals surface area contributed by atoms with Crippen LogP contribution in [0.2, 0.25) is 0 Å². The van der Waals surface area contributed by atoms with Crippen LogP contribution in [0.4, 0.5) is 0 Å². The minimum absolute atomic E-state index is 0.917. The highest BCUT2D eigenvalue weighted by Gasteiger charge is 2.03. The van der Waals surface area contributed by atoms with Crippen LogP contribution in [0.25, 0.3) is 11.3 Å². The molecule has 0 aliphatic carbocycles. The second kappa shape index (κ2) is 4.24. The van der Waals surface area contributed by atoms with Crippen molar-refractivity contribution in [3.8, 4) is 11.3 Å². The number of rotatable bonds is 1. The Morgan fingerprint density at radius 1 is 1.14 bits per heavy atom. The van der Waals surface area contributed by atoms with Crippen molar-refractivity contribution in [3.63, 3.8) is 0 Å². The number of pyridine rings is 1. The molecule has 0 fully saturated rings. The average molecular weight is 312 g/mol. The Kier molecular flexibility index (Phi) is 2.99. The lowest BCUT2D eigenvalue weighted by Crippen LogP contribution is -1.83. The van der Waals surface area contributed by atoms with Crippen molar-refractivity contribution in [2.45, 2.75) is 0 Å². The molecule has 0 spiro atoms. The minimum Gasteiger partial charge on any atom is -0.246 e. The summed E-state index contributed by atoms with van der Waals surface area (Å²) in [6.45, 7) is 0. The van der Waals surface area contributed by atoms with Crippen LogP contribution in [0.5, 0.6) is 0 Å². The van der Waals surface area contributed by atoms with Crippen molar-refractivity contribution in [1.82, 2.24) is 4.98 Å². The van der Waals surface area contributed by atoms with Gasteiger partial charge in [0.15, 0.2) is 0 Å². The predicted molar refractivity (Wildman–Crippen MR) is 63.9 cm³/mol. The number of hydrogen-bond donors (Lipinski definition) is 0. The highest BCUT2D eigenvalue weighted by molar-refractivity contribution is 9.11. The third-order valence-corrected chi connectivity index (χ3v) is 3.00. The first-order valence-electron chi connectivity index (χ1n) is 4.06. The van der Waals surface area contributed by atoms with Gasteiger partial charge in [-0.25, -0.2) is 4.98 Å². The lowest BCUT2D eigenvalue weighted by molar-refractivity contribution is 1.30. The fourth-order valence-electron chi connectivity index (χ4n) is 1.17. The van der Waals surface area contributed by atoms with Crippen LogP contribution < -0.4 is 0 Å². The third-order valence-electron chi connectivity index (χ3n) is 1.81. The topological polar surface area (TPSA) is 12.9 Å². The van der Waals surface area contributed by atoms with Gasteiger partial charge in [0.25, 0.3) is 0 Å². The highest BCUT2D eigenvalue weighted by Crippen LogP contribution is 2.29. The Morgan fingerprint density at radius 2 is 2.00 bits per heavy atom. The first-order chi connectivity index (χ1) is 6.77. The van der Waals surface area contributed by atoms with E-state index in [2.05, 4.69) is 43.0 Å². The number of nitrogens with zero attached hydrogens (tertiary/aromatic N) is 1. The van der Waals surface area contributed by atoms with Crippen molar-refractivity contribution >= 4 is 31.9 Å². The SMILES string of the molecule is Brc1ccc(Br)c(-c2ccc[c]n2)c1. The maximum Gasteiger partial charge on any atom is 0.0893 e. The molecule has 1 nitrogen and oxygen atoms in total. The molecular weight excluding hydrogens is 306 g/mol. The van der Waals surface area contributed by atoms with Gasteiger partial charge in [-0.05, 0) is 30.3 Å². The molecule has 14 heavy (non-hydrogen) atoms. The van der Waals surface area contributed by atoms with E-state index in [9.17, 15) is 0 Å². The number of halogens is 2. The molecule has 0 aliphatic rings. The summed E-state index contributed by atoms with van der Waals surface area (Å²) in [5.74, 6) is 0. The first-order valence-corrected chi connectivity index (χ1v) is 5.64. The van der Waals surface area contributed by atoms with Gasteiger partial charge >= 0.3 is 0 Å². The van der Waals surface area contributed by atoms with Crippen molar-refractivity contribution in [3.05, 3.63) is 51.5 Å². The molecule has 0 amide bonds. The van der Waals surface area contributed by atoms with Gasteiger partial charge in [-0.1, -0.05) is 37.9 Å². The summed E-state index contributed by atoms with van der Waals surface area (Å²) in [7, 11) is 0. The molecular formula is C11H6Br2N. The molecule has 1 radical (unpaired) electrons. The molecule has 0 saturated heterocycles. The maximum atomic E-state index is 4.18. The molecule has 1 heterocycles.